The minimum atomic E-state index is 0.611. The lowest BCUT2D eigenvalue weighted by atomic mass is 10.2. The molecule has 0 radical (unpaired) electrons. The molecular weight excluding hydrogens is 248 g/mol. The second kappa shape index (κ2) is 4.46. The third-order valence-corrected chi connectivity index (χ3v) is 3.33. The number of oxazole rings is 1. The van der Waals surface area contributed by atoms with E-state index in [0.717, 1.165) is 27.7 Å². The van der Waals surface area contributed by atoms with Gasteiger partial charge < -0.3 is 4.42 Å². The molecule has 3 nitrogen and oxygen atoms in total. The summed E-state index contributed by atoms with van der Waals surface area (Å²) >= 11 is 0. The third-order valence-electron chi connectivity index (χ3n) is 3.33. The van der Waals surface area contributed by atoms with Gasteiger partial charge in [0.25, 0.3) is 0 Å². The molecule has 20 heavy (non-hydrogen) atoms. The van der Waals surface area contributed by atoms with Gasteiger partial charge in [-0.15, -0.1) is 0 Å². The second-order valence-electron chi connectivity index (χ2n) is 4.75. The molecule has 0 saturated heterocycles. The maximum atomic E-state index is 5.73. The number of hydrogen-bond donors (Lipinski definition) is 0. The average Bonchev–Trinajstić information content (AvgIpc) is 2.89. The summed E-state index contributed by atoms with van der Waals surface area (Å²) in [6.45, 7) is 0. The number of nitrogens with zero attached hydrogens (tertiary/aromatic N) is 2. The molecule has 3 heteroatoms. The largest absolute Gasteiger partial charge is 0.440 e. The van der Waals surface area contributed by atoms with Gasteiger partial charge in [-0.05, 0) is 24.3 Å². The summed E-state index contributed by atoms with van der Waals surface area (Å²) in [4.78, 5) is 9.12. The van der Waals surface area contributed by atoms with Crippen LogP contribution in [-0.2, 0) is 6.42 Å². The standard InChI is InChI=1S/C17H12N2O/c1-2-6-14-12(5-1)9-10-13(18-14)11-17-19-15-7-3-4-8-16(15)20-17/h1-10H,11H2. The smallest absolute Gasteiger partial charge is 0.201 e. The van der Waals surface area contributed by atoms with Gasteiger partial charge in [0.15, 0.2) is 5.58 Å². The number of para-hydroxylation sites is 3. The molecule has 0 spiro atoms. The van der Waals surface area contributed by atoms with Crippen molar-refractivity contribution in [2.45, 2.75) is 6.42 Å². The molecule has 0 saturated carbocycles. The Kier molecular flexibility index (Phi) is 2.49. The molecule has 0 bridgehead atoms. The van der Waals surface area contributed by atoms with Crippen molar-refractivity contribution in [2.24, 2.45) is 0 Å². The molecule has 0 unspecified atom stereocenters. The highest BCUT2D eigenvalue weighted by Crippen LogP contribution is 2.18. The number of benzene rings is 2. The number of aromatic nitrogens is 2. The van der Waals surface area contributed by atoms with Crippen LogP contribution < -0.4 is 0 Å². The van der Waals surface area contributed by atoms with Crippen molar-refractivity contribution >= 4 is 22.0 Å². The van der Waals surface area contributed by atoms with Gasteiger partial charge in [0, 0.05) is 5.39 Å². The minimum Gasteiger partial charge on any atom is -0.440 e. The molecule has 96 valence electrons. The maximum Gasteiger partial charge on any atom is 0.201 e. The van der Waals surface area contributed by atoms with E-state index in [1.807, 2.05) is 48.5 Å². The lowest BCUT2D eigenvalue weighted by Crippen LogP contribution is -1.92. The van der Waals surface area contributed by atoms with Gasteiger partial charge in [-0.3, -0.25) is 4.98 Å². The van der Waals surface area contributed by atoms with Crippen LogP contribution in [0.1, 0.15) is 11.6 Å². The van der Waals surface area contributed by atoms with E-state index in [4.69, 9.17) is 4.42 Å². The van der Waals surface area contributed by atoms with E-state index in [0.29, 0.717) is 12.3 Å². The van der Waals surface area contributed by atoms with E-state index in [1.165, 1.54) is 0 Å². The van der Waals surface area contributed by atoms with Crippen molar-refractivity contribution < 1.29 is 4.42 Å². The highest BCUT2D eigenvalue weighted by molar-refractivity contribution is 5.78. The first-order valence-electron chi connectivity index (χ1n) is 6.58. The Morgan fingerprint density at radius 3 is 2.45 bits per heavy atom. The summed E-state index contributed by atoms with van der Waals surface area (Å²) in [6, 6.07) is 20.0. The predicted molar refractivity (Wildman–Crippen MR) is 78.6 cm³/mol. The van der Waals surface area contributed by atoms with Gasteiger partial charge in [-0.2, -0.15) is 0 Å². The summed E-state index contributed by atoms with van der Waals surface area (Å²) in [5.74, 6) is 0.703. The van der Waals surface area contributed by atoms with E-state index >= 15 is 0 Å². The Bertz CT molecular complexity index is 862. The number of hydrogen-bond acceptors (Lipinski definition) is 3. The summed E-state index contributed by atoms with van der Waals surface area (Å²) in [5.41, 5.74) is 3.68. The fraction of sp³-hybridized carbons (Fsp3) is 0.0588. The Morgan fingerprint density at radius 1 is 0.750 bits per heavy atom. The Morgan fingerprint density at radius 2 is 1.55 bits per heavy atom. The van der Waals surface area contributed by atoms with Crippen molar-refractivity contribution in [1.29, 1.82) is 0 Å². The molecule has 2 aromatic heterocycles. The van der Waals surface area contributed by atoms with Crippen LogP contribution in [0.2, 0.25) is 0 Å². The van der Waals surface area contributed by atoms with Crippen LogP contribution in [0.25, 0.3) is 22.0 Å². The molecule has 2 aromatic carbocycles. The molecule has 0 fully saturated rings. The summed E-state index contributed by atoms with van der Waals surface area (Å²) < 4.78 is 5.73. The lowest BCUT2D eigenvalue weighted by molar-refractivity contribution is 0.542. The SMILES string of the molecule is c1ccc2nc(Cc3nc4ccccc4o3)ccc2c1. The van der Waals surface area contributed by atoms with E-state index in [-0.39, 0.29) is 0 Å². The van der Waals surface area contributed by atoms with Gasteiger partial charge in [0.05, 0.1) is 17.6 Å². The highest BCUT2D eigenvalue weighted by atomic mass is 16.3. The van der Waals surface area contributed by atoms with Gasteiger partial charge in [0.1, 0.15) is 5.52 Å². The monoisotopic (exact) mass is 260 g/mol. The van der Waals surface area contributed by atoms with Crippen LogP contribution in [0, 0.1) is 0 Å². The van der Waals surface area contributed by atoms with E-state index in [9.17, 15) is 0 Å². The van der Waals surface area contributed by atoms with E-state index in [1.54, 1.807) is 0 Å². The van der Waals surface area contributed by atoms with Gasteiger partial charge in [-0.1, -0.05) is 36.4 Å². The third kappa shape index (κ3) is 1.93. The van der Waals surface area contributed by atoms with Crippen molar-refractivity contribution in [1.82, 2.24) is 9.97 Å². The number of fused-ring (bicyclic) bond motifs is 2. The van der Waals surface area contributed by atoms with Crippen LogP contribution in [0.15, 0.2) is 65.1 Å². The Hall–Kier alpha value is -2.68. The fourth-order valence-electron chi connectivity index (χ4n) is 2.36. The van der Waals surface area contributed by atoms with Crippen LogP contribution >= 0.6 is 0 Å². The normalized spacial score (nSPS) is 11.2. The van der Waals surface area contributed by atoms with Gasteiger partial charge in [-0.25, -0.2) is 4.98 Å². The molecule has 0 N–H and O–H groups in total. The van der Waals surface area contributed by atoms with Crippen molar-refractivity contribution in [3.05, 3.63) is 72.2 Å². The zero-order valence-corrected chi connectivity index (χ0v) is 10.8. The minimum absolute atomic E-state index is 0.611. The van der Waals surface area contributed by atoms with Crippen molar-refractivity contribution in [3.8, 4) is 0 Å². The Labute approximate surface area is 115 Å². The predicted octanol–water partition coefficient (Wildman–Crippen LogP) is 3.97. The van der Waals surface area contributed by atoms with Gasteiger partial charge in [0.2, 0.25) is 5.89 Å². The van der Waals surface area contributed by atoms with Crippen molar-refractivity contribution in [2.75, 3.05) is 0 Å². The first kappa shape index (κ1) is 11.2. The molecule has 2 heterocycles. The lowest BCUT2D eigenvalue weighted by Gasteiger charge is -2.00. The summed E-state index contributed by atoms with van der Waals surface area (Å²) in [7, 11) is 0. The van der Waals surface area contributed by atoms with Crippen molar-refractivity contribution in [3.63, 3.8) is 0 Å². The zero-order chi connectivity index (χ0) is 13.4. The molecule has 4 rings (SSSR count). The number of rotatable bonds is 2. The first-order chi connectivity index (χ1) is 9.88. The highest BCUT2D eigenvalue weighted by Gasteiger charge is 2.07. The molecule has 0 atom stereocenters. The van der Waals surface area contributed by atoms with Crippen LogP contribution in [-0.4, -0.2) is 9.97 Å². The van der Waals surface area contributed by atoms with Crippen LogP contribution in [0.3, 0.4) is 0 Å². The van der Waals surface area contributed by atoms with E-state index in [2.05, 4.69) is 22.1 Å². The molecule has 0 aliphatic carbocycles. The molecule has 0 aliphatic heterocycles. The Balaban J connectivity index is 1.72. The molecule has 0 aliphatic rings. The molecular formula is C17H12N2O. The van der Waals surface area contributed by atoms with E-state index < -0.39 is 0 Å². The zero-order valence-electron chi connectivity index (χ0n) is 10.8. The summed E-state index contributed by atoms with van der Waals surface area (Å²) in [5, 5.41) is 1.15. The summed E-state index contributed by atoms with van der Waals surface area (Å²) in [6.07, 6.45) is 0.611. The first-order valence-corrected chi connectivity index (χ1v) is 6.58. The van der Waals surface area contributed by atoms with Crippen LogP contribution in [0.4, 0.5) is 0 Å². The molecule has 4 aromatic rings. The quantitative estimate of drug-likeness (QED) is 0.547. The average molecular weight is 260 g/mol. The maximum absolute atomic E-state index is 5.73. The second-order valence-corrected chi connectivity index (χ2v) is 4.75. The fourth-order valence-corrected chi connectivity index (χ4v) is 2.36. The molecule has 0 amide bonds. The number of pyridine rings is 1. The topological polar surface area (TPSA) is 38.9 Å². The van der Waals surface area contributed by atoms with Gasteiger partial charge >= 0.3 is 0 Å². The van der Waals surface area contributed by atoms with Crippen LogP contribution in [0.5, 0.6) is 0 Å².